The molecular weight excluding hydrogens is 348 g/mol. The molecule has 1 unspecified atom stereocenters. The maximum absolute atomic E-state index is 12.4. The summed E-state index contributed by atoms with van der Waals surface area (Å²) in [6.07, 6.45) is 1.81. The average Bonchev–Trinajstić information content (AvgIpc) is 2.52. The van der Waals surface area contributed by atoms with E-state index in [0.717, 1.165) is 32.5 Å². The summed E-state index contributed by atoms with van der Waals surface area (Å²) in [4.78, 5) is 2.62. The first-order chi connectivity index (χ1) is 10.9. The predicted octanol–water partition coefficient (Wildman–Crippen LogP) is 3.30. The summed E-state index contributed by atoms with van der Waals surface area (Å²) in [7, 11) is -3.47. The number of halogens is 1. The zero-order chi connectivity index (χ0) is 17.3. The Morgan fingerprint density at radius 2 is 1.71 bits per heavy atom. The first kappa shape index (κ1) is 23.2. The van der Waals surface area contributed by atoms with Crippen molar-refractivity contribution in [1.29, 1.82) is 0 Å². The molecule has 1 N–H and O–H groups in total. The van der Waals surface area contributed by atoms with Crippen molar-refractivity contribution in [2.24, 2.45) is 0 Å². The highest BCUT2D eigenvalue weighted by atomic mass is 35.5. The molecule has 0 bridgehead atoms. The average molecular weight is 379 g/mol. The van der Waals surface area contributed by atoms with E-state index in [-0.39, 0.29) is 23.3 Å². The largest absolute Gasteiger partial charge is 0.494 e. The highest BCUT2D eigenvalue weighted by Crippen LogP contribution is 2.16. The van der Waals surface area contributed by atoms with Gasteiger partial charge < -0.3 is 9.64 Å². The number of rotatable bonds is 11. The van der Waals surface area contributed by atoms with E-state index in [0.29, 0.717) is 12.4 Å². The highest BCUT2D eigenvalue weighted by molar-refractivity contribution is 7.89. The molecule has 0 radical (unpaired) electrons. The van der Waals surface area contributed by atoms with E-state index in [4.69, 9.17) is 4.74 Å². The number of nitrogens with zero attached hydrogens (tertiary/aromatic N) is 1. The van der Waals surface area contributed by atoms with E-state index in [1.807, 2.05) is 13.8 Å². The molecule has 0 fully saturated rings. The smallest absolute Gasteiger partial charge is 0.240 e. The maximum atomic E-state index is 12.4. The quantitative estimate of drug-likeness (QED) is 0.641. The number of ether oxygens (including phenoxy) is 1. The third-order valence-corrected chi connectivity index (χ3v) is 5.41. The van der Waals surface area contributed by atoms with Crippen LogP contribution in [0.3, 0.4) is 0 Å². The Hall–Kier alpha value is -0.820. The SMILES string of the molecule is CCOc1ccc(S(=O)(=O)NC(C)CCCN(CC)CC)cc1.Cl. The summed E-state index contributed by atoms with van der Waals surface area (Å²) >= 11 is 0. The molecule has 0 saturated carbocycles. The van der Waals surface area contributed by atoms with Gasteiger partial charge in [0, 0.05) is 6.04 Å². The minimum absolute atomic E-state index is 0. The summed E-state index contributed by atoms with van der Waals surface area (Å²) in [5.41, 5.74) is 0. The fourth-order valence-corrected chi connectivity index (χ4v) is 3.71. The minimum atomic E-state index is -3.47. The Bertz CT molecular complexity index is 545. The van der Waals surface area contributed by atoms with Crippen molar-refractivity contribution in [2.75, 3.05) is 26.2 Å². The Kier molecular flexibility index (Phi) is 11.3. The van der Waals surface area contributed by atoms with Gasteiger partial charge in [-0.05, 0) is 70.6 Å². The van der Waals surface area contributed by atoms with Crippen LogP contribution in [0.25, 0.3) is 0 Å². The van der Waals surface area contributed by atoms with E-state index in [2.05, 4.69) is 23.5 Å². The Morgan fingerprint density at radius 1 is 1.12 bits per heavy atom. The van der Waals surface area contributed by atoms with E-state index < -0.39 is 10.0 Å². The van der Waals surface area contributed by atoms with Gasteiger partial charge in [-0.25, -0.2) is 13.1 Å². The molecule has 7 heteroatoms. The molecule has 0 amide bonds. The molecule has 0 aliphatic rings. The molecular formula is C17H31ClN2O3S. The van der Waals surface area contributed by atoms with Crippen molar-refractivity contribution in [3.8, 4) is 5.75 Å². The van der Waals surface area contributed by atoms with Gasteiger partial charge in [-0.2, -0.15) is 0 Å². The molecule has 140 valence electrons. The topological polar surface area (TPSA) is 58.6 Å². The lowest BCUT2D eigenvalue weighted by Crippen LogP contribution is -2.33. The van der Waals surface area contributed by atoms with Crippen molar-refractivity contribution in [3.63, 3.8) is 0 Å². The van der Waals surface area contributed by atoms with Gasteiger partial charge in [-0.3, -0.25) is 0 Å². The standard InChI is InChI=1S/C17H30N2O3S.ClH/c1-5-19(6-2)14-8-9-15(4)18-23(20,21)17-12-10-16(11-13-17)22-7-3;/h10-13,15,18H,5-9,14H2,1-4H3;1H. The number of hydrogen-bond acceptors (Lipinski definition) is 4. The van der Waals surface area contributed by atoms with Crippen molar-refractivity contribution in [3.05, 3.63) is 24.3 Å². The Morgan fingerprint density at radius 3 is 2.21 bits per heavy atom. The van der Waals surface area contributed by atoms with Crippen LogP contribution in [-0.4, -0.2) is 45.6 Å². The third kappa shape index (κ3) is 7.83. The van der Waals surface area contributed by atoms with Crippen LogP contribution in [0.4, 0.5) is 0 Å². The van der Waals surface area contributed by atoms with Gasteiger partial charge in [-0.1, -0.05) is 13.8 Å². The van der Waals surface area contributed by atoms with Crippen molar-refractivity contribution in [1.82, 2.24) is 9.62 Å². The van der Waals surface area contributed by atoms with Crippen LogP contribution in [0, 0.1) is 0 Å². The summed E-state index contributed by atoms with van der Waals surface area (Å²) in [6.45, 7) is 11.7. The number of nitrogens with one attached hydrogen (secondary N) is 1. The molecule has 1 aromatic rings. The molecule has 0 aliphatic heterocycles. The van der Waals surface area contributed by atoms with E-state index in [9.17, 15) is 8.42 Å². The van der Waals surface area contributed by atoms with Gasteiger partial charge >= 0.3 is 0 Å². The molecule has 1 atom stereocenters. The molecule has 0 spiro atoms. The van der Waals surface area contributed by atoms with Crippen LogP contribution in [0.15, 0.2) is 29.2 Å². The number of benzene rings is 1. The van der Waals surface area contributed by atoms with Crippen LogP contribution >= 0.6 is 12.4 Å². The van der Waals surface area contributed by atoms with Gasteiger partial charge in [0.1, 0.15) is 5.75 Å². The Labute approximate surface area is 153 Å². The van der Waals surface area contributed by atoms with Crippen molar-refractivity contribution < 1.29 is 13.2 Å². The molecule has 1 aromatic carbocycles. The molecule has 0 saturated heterocycles. The molecule has 0 heterocycles. The summed E-state index contributed by atoms with van der Waals surface area (Å²) in [5.74, 6) is 0.679. The Balaban J connectivity index is 0.00000529. The van der Waals surface area contributed by atoms with Crippen molar-refractivity contribution in [2.45, 2.75) is 51.5 Å². The second-order valence-electron chi connectivity index (χ2n) is 5.60. The van der Waals surface area contributed by atoms with Crippen molar-refractivity contribution >= 4 is 22.4 Å². The zero-order valence-corrected chi connectivity index (χ0v) is 16.8. The first-order valence-corrected chi connectivity index (χ1v) is 9.88. The fraction of sp³-hybridized carbons (Fsp3) is 0.647. The molecule has 0 aromatic heterocycles. The number of hydrogen-bond donors (Lipinski definition) is 1. The molecule has 5 nitrogen and oxygen atoms in total. The fourth-order valence-electron chi connectivity index (χ4n) is 2.43. The minimum Gasteiger partial charge on any atom is -0.494 e. The predicted molar refractivity (Wildman–Crippen MR) is 102 cm³/mol. The lowest BCUT2D eigenvalue weighted by molar-refractivity contribution is 0.293. The van der Waals surface area contributed by atoms with Crippen LogP contribution < -0.4 is 9.46 Å². The third-order valence-electron chi connectivity index (χ3n) is 3.81. The normalized spacial score (nSPS) is 12.7. The van der Waals surface area contributed by atoms with Crippen LogP contribution in [0.1, 0.15) is 40.5 Å². The van der Waals surface area contributed by atoms with Gasteiger partial charge in [0.25, 0.3) is 0 Å². The van der Waals surface area contributed by atoms with Gasteiger partial charge in [0.15, 0.2) is 0 Å². The highest BCUT2D eigenvalue weighted by Gasteiger charge is 2.17. The summed E-state index contributed by atoms with van der Waals surface area (Å²) < 4.78 is 32.8. The van der Waals surface area contributed by atoms with Crippen LogP contribution in [0.2, 0.25) is 0 Å². The van der Waals surface area contributed by atoms with E-state index >= 15 is 0 Å². The first-order valence-electron chi connectivity index (χ1n) is 8.40. The lowest BCUT2D eigenvalue weighted by atomic mass is 10.2. The van der Waals surface area contributed by atoms with Gasteiger partial charge in [0.05, 0.1) is 11.5 Å². The second kappa shape index (κ2) is 11.7. The lowest BCUT2D eigenvalue weighted by Gasteiger charge is -2.19. The number of sulfonamides is 1. The monoisotopic (exact) mass is 378 g/mol. The van der Waals surface area contributed by atoms with Gasteiger partial charge in [0.2, 0.25) is 10.0 Å². The van der Waals surface area contributed by atoms with Gasteiger partial charge in [-0.15, -0.1) is 12.4 Å². The summed E-state index contributed by atoms with van der Waals surface area (Å²) in [5, 5.41) is 0. The summed E-state index contributed by atoms with van der Waals surface area (Å²) in [6, 6.07) is 6.44. The van der Waals surface area contributed by atoms with Crippen LogP contribution in [-0.2, 0) is 10.0 Å². The van der Waals surface area contributed by atoms with E-state index in [1.54, 1.807) is 24.3 Å². The second-order valence-corrected chi connectivity index (χ2v) is 7.31. The zero-order valence-electron chi connectivity index (χ0n) is 15.1. The van der Waals surface area contributed by atoms with E-state index in [1.165, 1.54) is 0 Å². The molecule has 1 rings (SSSR count). The molecule has 24 heavy (non-hydrogen) atoms. The molecule has 0 aliphatic carbocycles. The maximum Gasteiger partial charge on any atom is 0.240 e. The van der Waals surface area contributed by atoms with Crippen LogP contribution in [0.5, 0.6) is 5.75 Å².